The summed E-state index contributed by atoms with van der Waals surface area (Å²) in [5, 5.41) is -0.158. The van der Waals surface area contributed by atoms with Crippen molar-refractivity contribution in [3.05, 3.63) is 46.2 Å². The van der Waals surface area contributed by atoms with Gasteiger partial charge in [-0.05, 0) is 25.1 Å². The molecular weight excluding hydrogens is 297 g/mol. The summed E-state index contributed by atoms with van der Waals surface area (Å²) in [5.74, 6) is -1.76. The number of alkyl halides is 3. The third-order valence-electron chi connectivity index (χ3n) is 2.39. The number of hydrogen-bond donors (Lipinski definition) is 0. The second-order valence-corrected chi connectivity index (χ2v) is 4.28. The molecule has 0 unspecified atom stereocenters. The number of carbonyl (C=O) groups excluding carboxylic acids is 2. The number of hydrogen-bond acceptors (Lipinski definition) is 3. The monoisotopic (exact) mass is 306 g/mol. The highest BCUT2D eigenvalue weighted by Gasteiger charge is 2.36. The van der Waals surface area contributed by atoms with E-state index in [1.807, 2.05) is 0 Å². The summed E-state index contributed by atoms with van der Waals surface area (Å²) in [6, 6.07) is 2.72. The molecule has 0 aliphatic heterocycles. The molecule has 0 aliphatic carbocycles. The number of methoxy groups -OCH3 is 1. The quantitative estimate of drug-likeness (QED) is 0.280. The first-order valence-corrected chi connectivity index (χ1v) is 5.71. The van der Waals surface area contributed by atoms with E-state index in [1.165, 1.54) is 7.11 Å². The second kappa shape index (κ2) is 6.09. The number of ether oxygens (including phenoxy) is 1. The maximum Gasteiger partial charge on any atom is 0.417 e. The molecule has 0 N–H and O–H groups in total. The van der Waals surface area contributed by atoms with Crippen LogP contribution >= 0.6 is 11.6 Å². The normalized spacial score (nSPS) is 12.2. The molecule has 20 heavy (non-hydrogen) atoms. The van der Waals surface area contributed by atoms with Gasteiger partial charge >= 0.3 is 6.18 Å². The van der Waals surface area contributed by atoms with E-state index in [0.717, 1.165) is 25.3 Å². The van der Waals surface area contributed by atoms with E-state index < -0.39 is 34.4 Å². The van der Waals surface area contributed by atoms with Crippen LogP contribution in [0.5, 0.6) is 0 Å². The van der Waals surface area contributed by atoms with Crippen LogP contribution in [0.3, 0.4) is 0 Å². The molecule has 1 rings (SSSR count). The Morgan fingerprint density at radius 1 is 1.30 bits per heavy atom. The minimum atomic E-state index is -4.76. The lowest BCUT2D eigenvalue weighted by Crippen LogP contribution is -2.17. The first kappa shape index (κ1) is 16.2. The summed E-state index contributed by atoms with van der Waals surface area (Å²) in [6.45, 7) is 1.06. The van der Waals surface area contributed by atoms with Crippen molar-refractivity contribution in [2.45, 2.75) is 13.1 Å². The van der Waals surface area contributed by atoms with Crippen LogP contribution in [0.25, 0.3) is 0 Å². The largest absolute Gasteiger partial charge is 0.503 e. The molecule has 0 aromatic heterocycles. The molecule has 1 aromatic rings. The number of ketones is 2. The van der Waals surface area contributed by atoms with Crippen LogP contribution in [0, 0.1) is 0 Å². The average molecular weight is 307 g/mol. The topological polar surface area (TPSA) is 43.4 Å². The number of Topliss-reactive ketones (excluding diaryl/α,β-unsaturated/α-hetero) is 2. The molecule has 108 valence electrons. The zero-order valence-corrected chi connectivity index (χ0v) is 11.3. The first-order chi connectivity index (χ1) is 9.18. The number of halogens is 4. The van der Waals surface area contributed by atoms with Crippen LogP contribution in [-0.4, -0.2) is 18.7 Å². The zero-order chi connectivity index (χ0) is 15.5. The van der Waals surface area contributed by atoms with Gasteiger partial charge in [0.25, 0.3) is 0 Å². The van der Waals surface area contributed by atoms with E-state index in [4.69, 9.17) is 11.6 Å². The van der Waals surface area contributed by atoms with Gasteiger partial charge in [-0.15, -0.1) is 0 Å². The molecule has 0 aliphatic rings. The Kier molecular flexibility index (Phi) is 4.94. The fraction of sp³-hybridized carbons (Fsp3) is 0.231. The Morgan fingerprint density at radius 3 is 2.35 bits per heavy atom. The SMILES string of the molecule is COC=C(C(C)=O)C(=O)c1ccc(Cl)cc1C(F)(F)F. The van der Waals surface area contributed by atoms with Gasteiger partial charge in [-0.2, -0.15) is 13.2 Å². The van der Waals surface area contributed by atoms with E-state index in [0.29, 0.717) is 6.07 Å². The maximum atomic E-state index is 12.9. The summed E-state index contributed by atoms with van der Waals surface area (Å²) in [7, 11) is 1.18. The van der Waals surface area contributed by atoms with Crippen molar-refractivity contribution in [1.82, 2.24) is 0 Å². The lowest BCUT2D eigenvalue weighted by molar-refractivity contribution is -0.138. The van der Waals surface area contributed by atoms with Gasteiger partial charge in [0.1, 0.15) is 0 Å². The fourth-order valence-electron chi connectivity index (χ4n) is 1.51. The molecular formula is C13H10ClF3O3. The summed E-state index contributed by atoms with van der Waals surface area (Å²) in [4.78, 5) is 23.3. The number of rotatable bonds is 4. The Balaban J connectivity index is 3.43. The molecule has 0 spiro atoms. The van der Waals surface area contributed by atoms with E-state index in [1.54, 1.807) is 0 Å². The van der Waals surface area contributed by atoms with E-state index in [9.17, 15) is 22.8 Å². The molecule has 0 bridgehead atoms. The fourth-order valence-corrected chi connectivity index (χ4v) is 1.68. The molecule has 0 radical (unpaired) electrons. The van der Waals surface area contributed by atoms with Crippen LogP contribution in [0.4, 0.5) is 13.2 Å². The summed E-state index contributed by atoms with van der Waals surface area (Å²) < 4.78 is 43.2. The van der Waals surface area contributed by atoms with Crippen molar-refractivity contribution >= 4 is 23.2 Å². The Hall–Kier alpha value is -1.82. The van der Waals surface area contributed by atoms with Crippen molar-refractivity contribution in [3.63, 3.8) is 0 Å². The van der Waals surface area contributed by atoms with Gasteiger partial charge < -0.3 is 4.74 Å². The minimum Gasteiger partial charge on any atom is -0.503 e. The highest BCUT2D eigenvalue weighted by Crippen LogP contribution is 2.34. The Bertz CT molecular complexity index is 577. The molecule has 0 saturated heterocycles. The van der Waals surface area contributed by atoms with Crippen molar-refractivity contribution < 1.29 is 27.5 Å². The zero-order valence-electron chi connectivity index (χ0n) is 10.5. The maximum absolute atomic E-state index is 12.9. The van der Waals surface area contributed by atoms with Gasteiger partial charge in [0.15, 0.2) is 11.6 Å². The number of benzene rings is 1. The van der Waals surface area contributed by atoms with Crippen molar-refractivity contribution in [2.75, 3.05) is 7.11 Å². The van der Waals surface area contributed by atoms with E-state index in [-0.39, 0.29) is 5.02 Å². The molecule has 0 fully saturated rings. The lowest BCUT2D eigenvalue weighted by Gasteiger charge is -2.13. The van der Waals surface area contributed by atoms with Crippen LogP contribution in [-0.2, 0) is 15.7 Å². The first-order valence-electron chi connectivity index (χ1n) is 5.33. The van der Waals surface area contributed by atoms with E-state index >= 15 is 0 Å². The Labute approximate surface area is 118 Å². The number of allylic oxidation sites excluding steroid dienone is 1. The molecule has 0 amide bonds. The third-order valence-corrected chi connectivity index (χ3v) is 2.63. The minimum absolute atomic E-state index is 0.158. The van der Waals surface area contributed by atoms with Gasteiger partial charge in [0.05, 0.1) is 24.5 Å². The predicted molar refractivity (Wildman–Crippen MR) is 66.6 cm³/mol. The molecule has 7 heteroatoms. The summed E-state index contributed by atoms with van der Waals surface area (Å²) >= 11 is 5.51. The van der Waals surface area contributed by atoms with Crippen molar-refractivity contribution in [1.29, 1.82) is 0 Å². The molecule has 0 heterocycles. The highest BCUT2D eigenvalue weighted by molar-refractivity contribution is 6.31. The highest BCUT2D eigenvalue weighted by atomic mass is 35.5. The predicted octanol–water partition coefficient (Wildman–Crippen LogP) is 3.66. The summed E-state index contributed by atoms with van der Waals surface area (Å²) in [5.41, 5.74) is -2.32. The van der Waals surface area contributed by atoms with Crippen molar-refractivity contribution in [3.8, 4) is 0 Å². The lowest BCUT2D eigenvalue weighted by atomic mass is 9.97. The number of carbonyl (C=O) groups is 2. The van der Waals surface area contributed by atoms with Gasteiger partial charge in [0, 0.05) is 10.6 Å². The van der Waals surface area contributed by atoms with Crippen LogP contribution in [0.2, 0.25) is 5.02 Å². The van der Waals surface area contributed by atoms with E-state index in [2.05, 4.69) is 4.74 Å². The molecule has 0 atom stereocenters. The van der Waals surface area contributed by atoms with Gasteiger partial charge in [-0.1, -0.05) is 11.6 Å². The molecule has 0 saturated carbocycles. The van der Waals surface area contributed by atoms with Crippen molar-refractivity contribution in [2.24, 2.45) is 0 Å². The molecule has 3 nitrogen and oxygen atoms in total. The van der Waals surface area contributed by atoms with Crippen LogP contribution < -0.4 is 0 Å². The smallest absolute Gasteiger partial charge is 0.417 e. The Morgan fingerprint density at radius 2 is 1.90 bits per heavy atom. The molecule has 1 aromatic carbocycles. The van der Waals surface area contributed by atoms with Crippen LogP contribution in [0.1, 0.15) is 22.8 Å². The van der Waals surface area contributed by atoms with Crippen LogP contribution in [0.15, 0.2) is 30.0 Å². The average Bonchev–Trinajstić information content (AvgIpc) is 2.33. The standard InChI is InChI=1S/C13H10ClF3O3/c1-7(18)10(6-20-2)12(19)9-4-3-8(14)5-11(9)13(15,16)17/h3-6H,1-2H3. The summed E-state index contributed by atoms with van der Waals surface area (Å²) in [6.07, 6.45) is -3.94. The second-order valence-electron chi connectivity index (χ2n) is 3.84. The third kappa shape index (κ3) is 3.60. The van der Waals surface area contributed by atoms with Gasteiger partial charge in [0.2, 0.25) is 0 Å². The van der Waals surface area contributed by atoms with Gasteiger partial charge in [-0.25, -0.2) is 0 Å². The van der Waals surface area contributed by atoms with Gasteiger partial charge in [-0.3, -0.25) is 9.59 Å².